The molecule has 1 saturated carbocycles. The van der Waals surface area contributed by atoms with Crippen molar-refractivity contribution >= 4 is 28.8 Å². The molecule has 1 aromatic heterocycles. The first-order chi connectivity index (χ1) is 13.2. The Kier molecular flexibility index (Phi) is 5.43. The van der Waals surface area contributed by atoms with E-state index in [9.17, 15) is 9.59 Å². The number of carbonyl (C=O) groups is 2. The summed E-state index contributed by atoms with van der Waals surface area (Å²) >= 11 is 1.69. The second-order valence-electron chi connectivity index (χ2n) is 7.27. The van der Waals surface area contributed by atoms with Crippen LogP contribution in [0.1, 0.15) is 42.2 Å². The van der Waals surface area contributed by atoms with Crippen molar-refractivity contribution in [3.8, 4) is 0 Å². The molecule has 2 amide bonds. The molecule has 2 N–H and O–H groups in total. The maximum atomic E-state index is 12.3. The summed E-state index contributed by atoms with van der Waals surface area (Å²) in [5.74, 6) is -1.04. The predicted molar refractivity (Wildman–Crippen MR) is 108 cm³/mol. The van der Waals surface area contributed by atoms with Crippen LogP contribution in [0, 0.1) is 0 Å². The average Bonchev–Trinajstić information content (AvgIpc) is 3.44. The molecule has 1 aliphatic carbocycles. The number of thiophene rings is 1. The fourth-order valence-corrected chi connectivity index (χ4v) is 4.96. The molecule has 0 spiro atoms. The molecule has 2 aliphatic rings. The molecule has 1 atom stereocenters. The molecule has 1 aromatic carbocycles. The highest BCUT2D eigenvalue weighted by Crippen LogP contribution is 2.36. The Morgan fingerprint density at radius 1 is 1.11 bits per heavy atom. The van der Waals surface area contributed by atoms with Gasteiger partial charge < -0.3 is 15.5 Å². The average molecular weight is 384 g/mol. The quantitative estimate of drug-likeness (QED) is 0.780. The van der Waals surface area contributed by atoms with Crippen molar-refractivity contribution < 1.29 is 9.59 Å². The van der Waals surface area contributed by atoms with Crippen LogP contribution in [0.15, 0.2) is 41.8 Å². The van der Waals surface area contributed by atoms with Gasteiger partial charge in [0.1, 0.15) is 0 Å². The zero-order valence-corrected chi connectivity index (χ0v) is 16.1. The number of nitrogens with one attached hydrogen (secondary N) is 2. The van der Waals surface area contributed by atoms with Crippen molar-refractivity contribution in [1.29, 1.82) is 0 Å². The molecule has 142 valence electrons. The summed E-state index contributed by atoms with van der Waals surface area (Å²) in [6, 6.07) is 12.7. The molecule has 27 heavy (non-hydrogen) atoms. The van der Waals surface area contributed by atoms with Gasteiger partial charge in [0.2, 0.25) is 0 Å². The standard InChI is InChI=1S/C21H25N3O2S/c25-20(21(26)23-16-7-2-3-8-16)22-14-18(19-10-5-13-27-19)24-12-11-15-6-1-4-9-17(15)24/h1,4-6,9-10,13,16,18H,2-3,7-8,11-12,14H2,(H,22,25)(H,23,26)/t18-/m0/s1. The van der Waals surface area contributed by atoms with Gasteiger partial charge in [-0.25, -0.2) is 0 Å². The number of para-hydroxylation sites is 1. The first-order valence-corrected chi connectivity index (χ1v) is 10.6. The summed E-state index contributed by atoms with van der Waals surface area (Å²) in [7, 11) is 0. The Balaban J connectivity index is 1.43. The topological polar surface area (TPSA) is 61.4 Å². The summed E-state index contributed by atoms with van der Waals surface area (Å²) in [4.78, 5) is 28.1. The third kappa shape index (κ3) is 4.00. The van der Waals surface area contributed by atoms with Crippen LogP contribution in [0.4, 0.5) is 5.69 Å². The molecule has 5 nitrogen and oxygen atoms in total. The van der Waals surface area contributed by atoms with E-state index in [0.717, 1.165) is 38.6 Å². The number of nitrogens with zero attached hydrogens (tertiary/aromatic N) is 1. The second kappa shape index (κ2) is 8.13. The molecular weight excluding hydrogens is 358 g/mol. The third-order valence-electron chi connectivity index (χ3n) is 5.52. The smallest absolute Gasteiger partial charge is 0.309 e. The Morgan fingerprint density at radius 3 is 2.70 bits per heavy atom. The highest BCUT2D eigenvalue weighted by molar-refractivity contribution is 7.10. The van der Waals surface area contributed by atoms with Gasteiger partial charge in [0.25, 0.3) is 0 Å². The van der Waals surface area contributed by atoms with E-state index < -0.39 is 11.8 Å². The van der Waals surface area contributed by atoms with Crippen LogP contribution in [0.2, 0.25) is 0 Å². The van der Waals surface area contributed by atoms with Crippen molar-refractivity contribution in [2.24, 2.45) is 0 Å². The minimum atomic E-state index is -0.532. The summed E-state index contributed by atoms with van der Waals surface area (Å²) in [5, 5.41) is 7.78. The van der Waals surface area contributed by atoms with E-state index in [1.807, 2.05) is 6.07 Å². The van der Waals surface area contributed by atoms with Gasteiger partial charge in [-0.3, -0.25) is 9.59 Å². The Labute approximate surface area is 163 Å². The van der Waals surface area contributed by atoms with Gasteiger partial charge in [-0.15, -0.1) is 11.3 Å². The molecule has 1 fully saturated rings. The molecule has 6 heteroatoms. The van der Waals surface area contributed by atoms with Gasteiger partial charge in [-0.2, -0.15) is 0 Å². The van der Waals surface area contributed by atoms with Crippen LogP contribution in [0.3, 0.4) is 0 Å². The number of carbonyl (C=O) groups excluding carboxylic acids is 2. The molecule has 2 aromatic rings. The summed E-state index contributed by atoms with van der Waals surface area (Å²) < 4.78 is 0. The minimum absolute atomic E-state index is 0.0388. The highest BCUT2D eigenvalue weighted by Gasteiger charge is 2.29. The lowest BCUT2D eigenvalue weighted by Gasteiger charge is -2.30. The van der Waals surface area contributed by atoms with E-state index in [4.69, 9.17) is 0 Å². The number of hydrogen-bond acceptors (Lipinski definition) is 4. The van der Waals surface area contributed by atoms with Crippen molar-refractivity contribution in [1.82, 2.24) is 10.6 Å². The van der Waals surface area contributed by atoms with E-state index in [-0.39, 0.29) is 12.1 Å². The fraction of sp³-hybridized carbons (Fsp3) is 0.429. The lowest BCUT2D eigenvalue weighted by molar-refractivity contribution is -0.139. The number of hydrogen-bond donors (Lipinski definition) is 2. The fourth-order valence-electron chi connectivity index (χ4n) is 4.12. The van der Waals surface area contributed by atoms with Gasteiger partial charge in [-0.05, 0) is 42.3 Å². The normalized spacial score (nSPS) is 17.6. The lowest BCUT2D eigenvalue weighted by atomic mass is 10.1. The highest BCUT2D eigenvalue weighted by atomic mass is 32.1. The Morgan fingerprint density at radius 2 is 1.93 bits per heavy atom. The van der Waals surface area contributed by atoms with Crippen LogP contribution in [-0.2, 0) is 16.0 Å². The number of anilines is 1. The Bertz CT molecular complexity index is 800. The molecule has 0 bridgehead atoms. The molecular formula is C21H25N3O2S. The molecule has 0 saturated heterocycles. The summed E-state index contributed by atoms with van der Waals surface area (Å²) in [6.07, 6.45) is 5.21. The first-order valence-electron chi connectivity index (χ1n) is 9.69. The second-order valence-corrected chi connectivity index (χ2v) is 8.25. The van der Waals surface area contributed by atoms with Crippen molar-refractivity contribution in [3.63, 3.8) is 0 Å². The number of amides is 2. The maximum Gasteiger partial charge on any atom is 0.309 e. The number of rotatable bonds is 5. The van der Waals surface area contributed by atoms with Gasteiger partial charge in [0.15, 0.2) is 0 Å². The van der Waals surface area contributed by atoms with E-state index in [0.29, 0.717) is 6.54 Å². The minimum Gasteiger partial charge on any atom is -0.361 e. The summed E-state index contributed by atoms with van der Waals surface area (Å²) in [6.45, 7) is 1.35. The van der Waals surface area contributed by atoms with Crippen molar-refractivity contribution in [2.75, 3.05) is 18.0 Å². The van der Waals surface area contributed by atoms with Crippen LogP contribution in [0.25, 0.3) is 0 Å². The maximum absolute atomic E-state index is 12.3. The van der Waals surface area contributed by atoms with Gasteiger partial charge >= 0.3 is 11.8 Å². The van der Waals surface area contributed by atoms with Gasteiger partial charge in [0.05, 0.1) is 6.04 Å². The molecule has 0 radical (unpaired) electrons. The van der Waals surface area contributed by atoms with Gasteiger partial charge in [-0.1, -0.05) is 37.1 Å². The van der Waals surface area contributed by atoms with Crippen LogP contribution < -0.4 is 15.5 Å². The van der Waals surface area contributed by atoms with E-state index in [1.54, 1.807) is 11.3 Å². The van der Waals surface area contributed by atoms with E-state index in [1.165, 1.54) is 16.1 Å². The van der Waals surface area contributed by atoms with E-state index in [2.05, 4.69) is 51.2 Å². The third-order valence-corrected chi connectivity index (χ3v) is 6.50. The lowest BCUT2D eigenvalue weighted by Crippen LogP contribution is -2.46. The van der Waals surface area contributed by atoms with Crippen LogP contribution >= 0.6 is 11.3 Å². The zero-order valence-electron chi connectivity index (χ0n) is 15.3. The van der Waals surface area contributed by atoms with E-state index >= 15 is 0 Å². The van der Waals surface area contributed by atoms with Crippen LogP contribution in [-0.4, -0.2) is 30.9 Å². The van der Waals surface area contributed by atoms with Crippen LogP contribution in [0.5, 0.6) is 0 Å². The molecule has 1 aliphatic heterocycles. The zero-order chi connectivity index (χ0) is 18.6. The summed E-state index contributed by atoms with van der Waals surface area (Å²) in [5.41, 5.74) is 2.56. The SMILES string of the molecule is O=C(NC[C@@H](c1cccs1)N1CCc2ccccc21)C(=O)NC1CCCC1. The predicted octanol–water partition coefficient (Wildman–Crippen LogP) is 3.03. The monoisotopic (exact) mass is 383 g/mol. The number of fused-ring (bicyclic) bond motifs is 1. The molecule has 0 unspecified atom stereocenters. The van der Waals surface area contributed by atoms with Gasteiger partial charge in [0, 0.05) is 29.7 Å². The largest absolute Gasteiger partial charge is 0.361 e. The van der Waals surface area contributed by atoms with Crippen molar-refractivity contribution in [2.45, 2.75) is 44.2 Å². The Hall–Kier alpha value is -2.34. The molecule has 2 heterocycles. The van der Waals surface area contributed by atoms with Crippen molar-refractivity contribution in [3.05, 3.63) is 52.2 Å². The molecule has 4 rings (SSSR count). The first kappa shape index (κ1) is 18.0. The number of benzene rings is 1.